The van der Waals surface area contributed by atoms with Crippen molar-refractivity contribution in [1.82, 2.24) is 29.8 Å². The summed E-state index contributed by atoms with van der Waals surface area (Å²) in [5, 5.41) is 10.2. The van der Waals surface area contributed by atoms with Crippen molar-refractivity contribution in [2.24, 2.45) is 0 Å². The van der Waals surface area contributed by atoms with Crippen molar-refractivity contribution in [2.75, 3.05) is 38.1 Å². The Kier molecular flexibility index (Phi) is 6.16. The minimum atomic E-state index is 0.578. The molecule has 0 amide bonds. The van der Waals surface area contributed by atoms with E-state index in [-0.39, 0.29) is 0 Å². The molecule has 0 atom stereocenters. The van der Waals surface area contributed by atoms with Crippen LogP contribution in [-0.4, -0.2) is 63.0 Å². The highest BCUT2D eigenvalue weighted by atomic mass is 32.2. The first kappa shape index (κ1) is 20.2. The summed E-state index contributed by atoms with van der Waals surface area (Å²) in [5.41, 5.74) is 2.35. The molecule has 152 valence electrons. The lowest BCUT2D eigenvalue weighted by Crippen LogP contribution is -2.45. The Balaban J connectivity index is 1.57. The molecule has 9 heteroatoms. The Hall–Kier alpha value is -3.09. The zero-order chi connectivity index (χ0) is 20.9. The van der Waals surface area contributed by atoms with E-state index in [1.54, 1.807) is 18.3 Å². The van der Waals surface area contributed by atoms with E-state index >= 15 is 0 Å². The first-order chi connectivity index (χ1) is 14.6. The minimum Gasteiger partial charge on any atom is -0.338 e. The Labute approximate surface area is 180 Å². The van der Waals surface area contributed by atoms with Crippen LogP contribution in [0.4, 0.5) is 5.95 Å². The molecule has 0 aliphatic carbocycles. The number of hydrogen-bond acceptors (Lipinski definition) is 9. The molecular formula is C21H22N8S. The second kappa shape index (κ2) is 9.15. The lowest BCUT2D eigenvalue weighted by atomic mass is 10.1. The van der Waals surface area contributed by atoms with Crippen molar-refractivity contribution in [2.45, 2.75) is 23.7 Å². The molecule has 0 radical (unpaired) electrons. The fourth-order valence-corrected chi connectivity index (χ4v) is 3.79. The van der Waals surface area contributed by atoms with E-state index in [0.29, 0.717) is 15.9 Å². The van der Waals surface area contributed by atoms with E-state index in [4.69, 9.17) is 5.26 Å². The molecule has 0 saturated carbocycles. The molecule has 2 aromatic heterocycles. The van der Waals surface area contributed by atoms with Gasteiger partial charge in [0.1, 0.15) is 5.82 Å². The van der Waals surface area contributed by atoms with Gasteiger partial charge in [0.15, 0.2) is 5.16 Å². The van der Waals surface area contributed by atoms with Gasteiger partial charge in [-0.25, -0.2) is 15.0 Å². The van der Waals surface area contributed by atoms with Gasteiger partial charge in [-0.05, 0) is 37.0 Å². The third-order valence-corrected chi connectivity index (χ3v) is 5.62. The maximum absolute atomic E-state index is 8.98. The summed E-state index contributed by atoms with van der Waals surface area (Å²) in [6.45, 7) is 5.83. The average molecular weight is 419 g/mol. The number of anilines is 1. The maximum atomic E-state index is 8.98. The van der Waals surface area contributed by atoms with Crippen LogP contribution >= 0.6 is 11.8 Å². The van der Waals surface area contributed by atoms with Crippen LogP contribution in [0.2, 0.25) is 0 Å². The van der Waals surface area contributed by atoms with Crippen LogP contribution in [0.3, 0.4) is 0 Å². The van der Waals surface area contributed by atoms with Crippen molar-refractivity contribution in [3.8, 4) is 17.3 Å². The quantitative estimate of drug-likeness (QED) is 0.579. The van der Waals surface area contributed by atoms with Crippen LogP contribution in [-0.2, 0) is 6.42 Å². The number of aryl methyl sites for hydroxylation is 1. The maximum Gasteiger partial charge on any atom is 0.229 e. The van der Waals surface area contributed by atoms with E-state index in [1.165, 1.54) is 11.8 Å². The second-order valence-electron chi connectivity index (χ2n) is 6.99. The van der Waals surface area contributed by atoms with Crippen LogP contribution < -0.4 is 4.90 Å². The number of rotatable bonds is 5. The van der Waals surface area contributed by atoms with E-state index in [2.05, 4.69) is 47.8 Å². The Morgan fingerprint density at radius 2 is 1.73 bits per heavy atom. The van der Waals surface area contributed by atoms with Gasteiger partial charge in [-0.3, -0.25) is 0 Å². The van der Waals surface area contributed by atoms with Crippen molar-refractivity contribution in [3.63, 3.8) is 0 Å². The zero-order valence-corrected chi connectivity index (χ0v) is 17.8. The molecule has 1 saturated heterocycles. The van der Waals surface area contributed by atoms with Crippen molar-refractivity contribution < 1.29 is 0 Å². The topological polar surface area (TPSA) is 94.7 Å². The van der Waals surface area contributed by atoms with Crippen molar-refractivity contribution in [3.05, 3.63) is 47.9 Å². The van der Waals surface area contributed by atoms with Crippen LogP contribution in [0.1, 0.15) is 18.3 Å². The van der Waals surface area contributed by atoms with Gasteiger partial charge in [0.05, 0.1) is 17.3 Å². The van der Waals surface area contributed by atoms with Crippen LogP contribution in [0.25, 0.3) is 11.3 Å². The largest absolute Gasteiger partial charge is 0.338 e. The average Bonchev–Trinajstić information content (AvgIpc) is 2.79. The van der Waals surface area contributed by atoms with E-state index in [9.17, 15) is 0 Å². The first-order valence-electron chi connectivity index (χ1n) is 9.84. The normalized spacial score (nSPS) is 14.5. The van der Waals surface area contributed by atoms with E-state index in [0.717, 1.165) is 55.6 Å². The predicted octanol–water partition coefficient (Wildman–Crippen LogP) is 2.67. The van der Waals surface area contributed by atoms with Crippen LogP contribution in [0.15, 0.2) is 46.8 Å². The molecular weight excluding hydrogens is 396 g/mol. The van der Waals surface area contributed by atoms with Crippen LogP contribution in [0, 0.1) is 11.3 Å². The Morgan fingerprint density at radius 3 is 2.43 bits per heavy atom. The lowest BCUT2D eigenvalue weighted by Gasteiger charge is -2.32. The summed E-state index contributed by atoms with van der Waals surface area (Å²) < 4.78 is 0. The molecule has 3 aromatic rings. The number of likely N-dealkylation sites (N-methyl/N-ethyl adjacent to an activating group) is 1. The third-order valence-electron chi connectivity index (χ3n) is 4.88. The molecule has 0 bridgehead atoms. The molecule has 0 spiro atoms. The summed E-state index contributed by atoms with van der Waals surface area (Å²) >= 11 is 1.34. The van der Waals surface area contributed by atoms with Gasteiger partial charge >= 0.3 is 0 Å². The number of aromatic nitrogens is 5. The smallest absolute Gasteiger partial charge is 0.229 e. The number of piperazine rings is 1. The van der Waals surface area contributed by atoms with Crippen LogP contribution in [0.5, 0.6) is 0 Å². The number of nitriles is 1. The van der Waals surface area contributed by atoms with Crippen molar-refractivity contribution >= 4 is 17.7 Å². The monoisotopic (exact) mass is 418 g/mol. The highest BCUT2D eigenvalue weighted by Crippen LogP contribution is 2.26. The number of hydrogen-bond donors (Lipinski definition) is 0. The lowest BCUT2D eigenvalue weighted by molar-refractivity contribution is 0.310. The molecule has 1 aliphatic heterocycles. The molecule has 3 heterocycles. The second-order valence-corrected chi connectivity index (χ2v) is 7.93. The molecule has 30 heavy (non-hydrogen) atoms. The molecule has 0 unspecified atom stereocenters. The SMILES string of the molecule is CCc1nc(Sc2nccc(-c3ccc(C#N)cc3)n2)nc(N2CCN(C)CC2)n1. The van der Waals surface area contributed by atoms with Gasteiger partial charge in [0.25, 0.3) is 0 Å². The summed E-state index contributed by atoms with van der Waals surface area (Å²) in [4.78, 5) is 27.4. The number of benzene rings is 1. The van der Waals surface area contributed by atoms with Gasteiger partial charge in [0, 0.05) is 44.4 Å². The van der Waals surface area contributed by atoms with Gasteiger partial charge < -0.3 is 9.80 Å². The summed E-state index contributed by atoms with van der Waals surface area (Å²) in [7, 11) is 2.13. The molecule has 0 N–H and O–H groups in total. The van der Waals surface area contributed by atoms with E-state index in [1.807, 2.05) is 25.1 Å². The summed E-state index contributed by atoms with van der Waals surface area (Å²) in [5.74, 6) is 1.49. The number of nitrogens with zero attached hydrogens (tertiary/aromatic N) is 8. The summed E-state index contributed by atoms with van der Waals surface area (Å²) in [6.07, 6.45) is 2.47. The molecule has 4 rings (SSSR count). The molecule has 1 aromatic carbocycles. The van der Waals surface area contributed by atoms with Gasteiger partial charge in [0.2, 0.25) is 11.1 Å². The van der Waals surface area contributed by atoms with Gasteiger partial charge in [-0.2, -0.15) is 15.2 Å². The molecule has 8 nitrogen and oxygen atoms in total. The zero-order valence-electron chi connectivity index (χ0n) is 17.0. The fourth-order valence-electron chi connectivity index (χ4n) is 3.09. The predicted molar refractivity (Wildman–Crippen MR) is 115 cm³/mol. The third kappa shape index (κ3) is 4.72. The van der Waals surface area contributed by atoms with Gasteiger partial charge in [-0.1, -0.05) is 19.1 Å². The van der Waals surface area contributed by atoms with Gasteiger partial charge in [-0.15, -0.1) is 0 Å². The molecule has 1 aliphatic rings. The minimum absolute atomic E-state index is 0.578. The standard InChI is InChI=1S/C21H22N8S/c1-3-18-25-19(29-12-10-28(2)11-13-29)27-21(26-18)30-20-23-9-8-17(24-20)16-6-4-15(14-22)5-7-16/h4-9H,3,10-13H2,1-2H3. The molecule has 1 fully saturated rings. The Bertz CT molecular complexity index is 1060. The highest BCUT2D eigenvalue weighted by molar-refractivity contribution is 7.99. The van der Waals surface area contributed by atoms with E-state index < -0.39 is 0 Å². The summed E-state index contributed by atoms with van der Waals surface area (Å²) in [6, 6.07) is 11.3. The van der Waals surface area contributed by atoms with Crippen molar-refractivity contribution in [1.29, 1.82) is 5.26 Å². The fraction of sp³-hybridized carbons (Fsp3) is 0.333. The Morgan fingerprint density at radius 1 is 0.967 bits per heavy atom. The first-order valence-corrected chi connectivity index (χ1v) is 10.7. The highest BCUT2D eigenvalue weighted by Gasteiger charge is 2.19.